The summed E-state index contributed by atoms with van der Waals surface area (Å²) in [6, 6.07) is 4.99. The Morgan fingerprint density at radius 3 is 3.06 bits per heavy atom. The molecule has 0 unspecified atom stereocenters. The fraction of sp³-hybridized carbons (Fsp3) is 0.273. The molecule has 1 aromatic carbocycles. The van der Waals surface area contributed by atoms with Gasteiger partial charge in [-0.3, -0.25) is 10.1 Å². The first-order chi connectivity index (χ1) is 7.75. The standard InChI is InChI=1S/C11H11N3O2/c15-14(16)7-1-2-8-9-6-12-4-3-10(9)13-11(8)5-7/h1-2,5,12-13H,3-4,6H2. The van der Waals surface area contributed by atoms with Crippen molar-refractivity contribution in [1.29, 1.82) is 0 Å². The highest BCUT2D eigenvalue weighted by atomic mass is 16.6. The molecule has 1 aliphatic rings. The first kappa shape index (κ1) is 9.35. The topological polar surface area (TPSA) is 71.0 Å². The van der Waals surface area contributed by atoms with Crippen LogP contribution in [0, 0.1) is 10.1 Å². The van der Waals surface area contributed by atoms with Gasteiger partial charge in [-0.2, -0.15) is 0 Å². The predicted molar refractivity (Wildman–Crippen MR) is 60.4 cm³/mol. The van der Waals surface area contributed by atoms with Crippen LogP contribution in [0.5, 0.6) is 0 Å². The average Bonchev–Trinajstić information content (AvgIpc) is 2.66. The Labute approximate surface area is 91.6 Å². The number of benzene rings is 1. The van der Waals surface area contributed by atoms with Gasteiger partial charge >= 0.3 is 0 Å². The number of nitro benzene ring substituents is 1. The number of fused-ring (bicyclic) bond motifs is 3. The minimum absolute atomic E-state index is 0.138. The van der Waals surface area contributed by atoms with E-state index in [1.807, 2.05) is 6.07 Å². The molecule has 0 fully saturated rings. The number of aromatic nitrogens is 1. The van der Waals surface area contributed by atoms with Crippen molar-refractivity contribution in [3.63, 3.8) is 0 Å². The molecule has 0 saturated carbocycles. The Balaban J connectivity index is 2.22. The minimum atomic E-state index is -0.364. The normalized spacial score (nSPS) is 15.0. The van der Waals surface area contributed by atoms with Crippen molar-refractivity contribution in [2.75, 3.05) is 6.54 Å². The number of nitro groups is 1. The lowest BCUT2D eigenvalue weighted by Gasteiger charge is -2.12. The van der Waals surface area contributed by atoms with E-state index in [0.29, 0.717) is 0 Å². The number of hydrogen-bond donors (Lipinski definition) is 2. The zero-order valence-electron chi connectivity index (χ0n) is 8.62. The zero-order valence-corrected chi connectivity index (χ0v) is 8.62. The Morgan fingerprint density at radius 2 is 2.25 bits per heavy atom. The summed E-state index contributed by atoms with van der Waals surface area (Å²) in [5.41, 5.74) is 3.45. The van der Waals surface area contributed by atoms with Crippen LogP contribution in [0.2, 0.25) is 0 Å². The molecule has 2 aromatic rings. The Bertz CT molecular complexity index is 574. The van der Waals surface area contributed by atoms with Crippen LogP contribution in [0.1, 0.15) is 11.3 Å². The Morgan fingerprint density at radius 1 is 1.38 bits per heavy atom. The van der Waals surface area contributed by atoms with Crippen molar-refractivity contribution < 1.29 is 4.92 Å². The summed E-state index contributed by atoms with van der Waals surface area (Å²) in [5.74, 6) is 0. The van der Waals surface area contributed by atoms with Crippen LogP contribution >= 0.6 is 0 Å². The maximum Gasteiger partial charge on any atom is 0.271 e. The van der Waals surface area contributed by atoms with E-state index in [-0.39, 0.29) is 10.6 Å². The van der Waals surface area contributed by atoms with Gasteiger partial charge in [-0.05, 0) is 11.6 Å². The lowest BCUT2D eigenvalue weighted by atomic mass is 10.1. The van der Waals surface area contributed by atoms with E-state index < -0.39 is 0 Å². The third-order valence-corrected chi connectivity index (χ3v) is 3.04. The van der Waals surface area contributed by atoms with E-state index in [1.165, 1.54) is 11.3 Å². The Hall–Kier alpha value is -1.88. The second kappa shape index (κ2) is 3.31. The van der Waals surface area contributed by atoms with Gasteiger partial charge in [0.05, 0.1) is 10.4 Å². The molecule has 3 rings (SSSR count). The number of rotatable bonds is 1. The van der Waals surface area contributed by atoms with Gasteiger partial charge in [0.15, 0.2) is 0 Å². The predicted octanol–water partition coefficient (Wildman–Crippen LogP) is 1.72. The average molecular weight is 217 g/mol. The third-order valence-electron chi connectivity index (χ3n) is 3.04. The number of H-pyrrole nitrogens is 1. The SMILES string of the molecule is O=[N+]([O-])c1ccc2c3c([nH]c2c1)CCNC3. The summed E-state index contributed by atoms with van der Waals surface area (Å²) in [6.07, 6.45) is 0.956. The van der Waals surface area contributed by atoms with E-state index in [1.54, 1.807) is 12.1 Å². The Kier molecular flexibility index (Phi) is 1.94. The molecule has 0 bridgehead atoms. The molecule has 2 heterocycles. The largest absolute Gasteiger partial charge is 0.358 e. The highest BCUT2D eigenvalue weighted by Gasteiger charge is 2.16. The number of non-ortho nitro benzene ring substituents is 1. The molecule has 0 amide bonds. The second-order valence-electron chi connectivity index (χ2n) is 4.00. The van der Waals surface area contributed by atoms with Crippen molar-refractivity contribution >= 4 is 16.6 Å². The molecule has 1 aromatic heterocycles. The van der Waals surface area contributed by atoms with Crippen molar-refractivity contribution in [3.05, 3.63) is 39.6 Å². The minimum Gasteiger partial charge on any atom is -0.358 e. The second-order valence-corrected chi connectivity index (χ2v) is 4.00. The molecule has 16 heavy (non-hydrogen) atoms. The van der Waals surface area contributed by atoms with Crippen LogP contribution < -0.4 is 5.32 Å². The summed E-state index contributed by atoms with van der Waals surface area (Å²) in [6.45, 7) is 1.80. The summed E-state index contributed by atoms with van der Waals surface area (Å²) >= 11 is 0. The van der Waals surface area contributed by atoms with Crippen LogP contribution in [0.4, 0.5) is 5.69 Å². The van der Waals surface area contributed by atoms with Crippen LogP contribution in [-0.4, -0.2) is 16.5 Å². The molecule has 0 spiro atoms. The summed E-state index contributed by atoms with van der Waals surface area (Å²) < 4.78 is 0. The lowest BCUT2D eigenvalue weighted by Crippen LogP contribution is -2.22. The number of aromatic amines is 1. The van der Waals surface area contributed by atoms with Gasteiger partial charge in [0.1, 0.15) is 0 Å². The van der Waals surface area contributed by atoms with Crippen molar-refractivity contribution in [3.8, 4) is 0 Å². The first-order valence-electron chi connectivity index (χ1n) is 5.24. The molecule has 5 nitrogen and oxygen atoms in total. The summed E-state index contributed by atoms with van der Waals surface area (Å²) in [5, 5.41) is 15.1. The van der Waals surface area contributed by atoms with Crippen LogP contribution in [0.15, 0.2) is 18.2 Å². The monoisotopic (exact) mass is 217 g/mol. The molecule has 1 aliphatic heterocycles. The molecule has 0 saturated heterocycles. The van der Waals surface area contributed by atoms with Crippen LogP contribution in [0.3, 0.4) is 0 Å². The van der Waals surface area contributed by atoms with E-state index in [2.05, 4.69) is 10.3 Å². The lowest BCUT2D eigenvalue weighted by molar-refractivity contribution is -0.384. The van der Waals surface area contributed by atoms with E-state index >= 15 is 0 Å². The van der Waals surface area contributed by atoms with Crippen molar-refractivity contribution in [2.24, 2.45) is 0 Å². The molecule has 2 N–H and O–H groups in total. The van der Waals surface area contributed by atoms with Gasteiger partial charge in [-0.25, -0.2) is 0 Å². The highest BCUT2D eigenvalue weighted by Crippen LogP contribution is 2.27. The zero-order chi connectivity index (χ0) is 11.1. The molecule has 0 atom stereocenters. The van der Waals surface area contributed by atoms with Crippen LogP contribution in [0.25, 0.3) is 10.9 Å². The first-order valence-corrected chi connectivity index (χ1v) is 5.24. The van der Waals surface area contributed by atoms with Crippen molar-refractivity contribution in [1.82, 2.24) is 10.3 Å². The summed E-state index contributed by atoms with van der Waals surface area (Å²) in [4.78, 5) is 13.6. The molecular formula is C11H11N3O2. The van der Waals surface area contributed by atoms with E-state index in [0.717, 1.165) is 30.4 Å². The maximum absolute atomic E-state index is 10.7. The van der Waals surface area contributed by atoms with Crippen LogP contribution in [-0.2, 0) is 13.0 Å². The van der Waals surface area contributed by atoms with Gasteiger partial charge in [0.2, 0.25) is 0 Å². The molecule has 5 heteroatoms. The van der Waals surface area contributed by atoms with E-state index in [4.69, 9.17) is 0 Å². The van der Waals surface area contributed by atoms with Gasteiger partial charge in [0.25, 0.3) is 5.69 Å². The highest BCUT2D eigenvalue weighted by molar-refractivity contribution is 5.86. The third kappa shape index (κ3) is 1.29. The summed E-state index contributed by atoms with van der Waals surface area (Å²) in [7, 11) is 0. The van der Waals surface area contributed by atoms with Gasteiger partial charge in [0, 0.05) is 42.7 Å². The fourth-order valence-corrected chi connectivity index (χ4v) is 2.26. The number of nitrogens with zero attached hydrogens (tertiary/aromatic N) is 1. The number of hydrogen-bond acceptors (Lipinski definition) is 3. The molecule has 0 aliphatic carbocycles. The maximum atomic E-state index is 10.7. The molecular weight excluding hydrogens is 206 g/mol. The van der Waals surface area contributed by atoms with E-state index in [9.17, 15) is 10.1 Å². The van der Waals surface area contributed by atoms with Gasteiger partial charge in [-0.1, -0.05) is 0 Å². The fourth-order valence-electron chi connectivity index (χ4n) is 2.26. The van der Waals surface area contributed by atoms with Crippen molar-refractivity contribution in [2.45, 2.75) is 13.0 Å². The molecule has 0 radical (unpaired) electrons. The smallest absolute Gasteiger partial charge is 0.271 e. The molecule has 82 valence electrons. The van der Waals surface area contributed by atoms with Gasteiger partial charge in [-0.15, -0.1) is 0 Å². The van der Waals surface area contributed by atoms with Gasteiger partial charge < -0.3 is 10.3 Å². The quantitative estimate of drug-likeness (QED) is 0.564. The number of nitrogens with one attached hydrogen (secondary N) is 2.